The van der Waals surface area contributed by atoms with Crippen molar-refractivity contribution in [2.75, 3.05) is 13.2 Å². The smallest absolute Gasteiger partial charge is 0.242 e. The quantitative estimate of drug-likeness (QED) is 0.806. The third kappa shape index (κ3) is 3.66. The van der Waals surface area contributed by atoms with Gasteiger partial charge in [-0.3, -0.25) is 0 Å². The van der Waals surface area contributed by atoms with Gasteiger partial charge in [-0.25, -0.2) is 18.1 Å². The lowest BCUT2D eigenvalue weighted by Gasteiger charge is -2.17. The van der Waals surface area contributed by atoms with Crippen molar-refractivity contribution in [2.24, 2.45) is 11.8 Å². The third-order valence-corrected chi connectivity index (χ3v) is 5.23. The van der Waals surface area contributed by atoms with Gasteiger partial charge in [-0.1, -0.05) is 18.0 Å². The molecule has 0 bridgehead atoms. The van der Waals surface area contributed by atoms with Crippen molar-refractivity contribution < 1.29 is 13.5 Å². The van der Waals surface area contributed by atoms with Crippen molar-refractivity contribution >= 4 is 21.6 Å². The number of rotatable bonds is 5. The molecule has 1 heterocycles. The maximum atomic E-state index is 12.0. The molecule has 0 aromatic carbocycles. The molecule has 0 amide bonds. The van der Waals surface area contributed by atoms with Gasteiger partial charge in [0.15, 0.2) is 0 Å². The normalized spacial score (nSPS) is 23.7. The zero-order valence-electron chi connectivity index (χ0n) is 10.4. The van der Waals surface area contributed by atoms with Crippen molar-refractivity contribution in [2.45, 2.75) is 24.2 Å². The fraction of sp³-hybridized carbons (Fsp3) is 0.583. The molecule has 0 saturated heterocycles. The fourth-order valence-corrected chi connectivity index (χ4v) is 3.59. The molecule has 1 aromatic rings. The maximum Gasteiger partial charge on any atom is 0.242 e. The number of hydrogen-bond acceptors (Lipinski definition) is 4. The van der Waals surface area contributed by atoms with E-state index >= 15 is 0 Å². The first-order chi connectivity index (χ1) is 9.03. The van der Waals surface area contributed by atoms with E-state index < -0.39 is 10.0 Å². The van der Waals surface area contributed by atoms with Gasteiger partial charge in [-0.2, -0.15) is 0 Å². The van der Waals surface area contributed by atoms with Crippen molar-refractivity contribution in [1.29, 1.82) is 0 Å². The molecule has 2 unspecified atom stereocenters. The first kappa shape index (κ1) is 14.7. The average molecular weight is 305 g/mol. The fourth-order valence-electron chi connectivity index (χ4n) is 2.44. The molecule has 0 radical (unpaired) electrons. The van der Waals surface area contributed by atoms with E-state index in [1.54, 1.807) is 0 Å². The third-order valence-electron chi connectivity index (χ3n) is 3.60. The molecule has 106 valence electrons. The highest BCUT2D eigenvalue weighted by Crippen LogP contribution is 2.30. The molecule has 0 spiro atoms. The number of nitrogens with zero attached hydrogens (tertiary/aromatic N) is 1. The van der Waals surface area contributed by atoms with Crippen molar-refractivity contribution in [1.82, 2.24) is 9.71 Å². The van der Waals surface area contributed by atoms with Crippen LogP contribution in [0.1, 0.15) is 19.3 Å². The molecule has 1 fully saturated rings. The van der Waals surface area contributed by atoms with Gasteiger partial charge in [0.05, 0.1) is 0 Å². The lowest BCUT2D eigenvalue weighted by atomic mass is 9.97. The van der Waals surface area contributed by atoms with Crippen LogP contribution in [0.3, 0.4) is 0 Å². The monoisotopic (exact) mass is 304 g/mol. The SMILES string of the molecule is O=S(=O)(NCC1CCCC1CO)c1ccc(Cl)nc1. The van der Waals surface area contributed by atoms with Gasteiger partial charge in [0.25, 0.3) is 0 Å². The summed E-state index contributed by atoms with van der Waals surface area (Å²) in [5.74, 6) is 0.408. The van der Waals surface area contributed by atoms with E-state index in [1.165, 1.54) is 18.3 Å². The summed E-state index contributed by atoms with van der Waals surface area (Å²) < 4.78 is 26.7. The van der Waals surface area contributed by atoms with Crippen LogP contribution in [0.25, 0.3) is 0 Å². The van der Waals surface area contributed by atoms with Gasteiger partial charge in [0, 0.05) is 19.3 Å². The van der Waals surface area contributed by atoms with Gasteiger partial charge in [0.1, 0.15) is 10.0 Å². The maximum absolute atomic E-state index is 12.0. The molecule has 0 aliphatic heterocycles. The summed E-state index contributed by atoms with van der Waals surface area (Å²) in [4.78, 5) is 3.87. The molecule has 19 heavy (non-hydrogen) atoms. The lowest BCUT2D eigenvalue weighted by Crippen LogP contribution is -2.31. The molecular weight excluding hydrogens is 288 g/mol. The molecular formula is C12H17ClN2O3S. The zero-order chi connectivity index (χ0) is 13.9. The summed E-state index contributed by atoms with van der Waals surface area (Å²) in [5, 5.41) is 9.47. The van der Waals surface area contributed by atoms with E-state index in [9.17, 15) is 13.5 Å². The first-order valence-corrected chi connectivity index (χ1v) is 8.11. The second kappa shape index (κ2) is 6.17. The van der Waals surface area contributed by atoms with E-state index in [2.05, 4.69) is 9.71 Å². The number of sulfonamides is 1. The van der Waals surface area contributed by atoms with Gasteiger partial charge in [0.2, 0.25) is 10.0 Å². The molecule has 7 heteroatoms. The number of aliphatic hydroxyl groups is 1. The topological polar surface area (TPSA) is 79.3 Å². The van der Waals surface area contributed by atoms with Crippen LogP contribution < -0.4 is 4.72 Å². The number of nitrogens with one attached hydrogen (secondary N) is 1. The van der Waals surface area contributed by atoms with Gasteiger partial charge in [-0.15, -0.1) is 0 Å². The Balaban J connectivity index is 2.00. The van der Waals surface area contributed by atoms with Crippen LogP contribution in [0.5, 0.6) is 0 Å². The molecule has 2 rings (SSSR count). The highest BCUT2D eigenvalue weighted by atomic mass is 35.5. The van der Waals surface area contributed by atoms with Crippen molar-refractivity contribution in [3.8, 4) is 0 Å². The number of aromatic nitrogens is 1. The molecule has 1 saturated carbocycles. The number of pyridine rings is 1. The second-order valence-electron chi connectivity index (χ2n) is 4.80. The lowest BCUT2D eigenvalue weighted by molar-refractivity contribution is 0.195. The first-order valence-electron chi connectivity index (χ1n) is 6.25. The van der Waals surface area contributed by atoms with Crippen LogP contribution in [0.15, 0.2) is 23.2 Å². The summed E-state index contributed by atoms with van der Waals surface area (Å²) in [6, 6.07) is 2.87. The Labute approximate surface area is 118 Å². The predicted octanol–water partition coefficient (Wildman–Crippen LogP) is 1.42. The minimum Gasteiger partial charge on any atom is -0.396 e. The summed E-state index contributed by atoms with van der Waals surface area (Å²) in [7, 11) is -3.55. The van der Waals surface area contributed by atoms with E-state index in [1.807, 2.05) is 0 Å². The minimum atomic E-state index is -3.55. The van der Waals surface area contributed by atoms with Crippen molar-refractivity contribution in [3.63, 3.8) is 0 Å². The zero-order valence-corrected chi connectivity index (χ0v) is 12.0. The van der Waals surface area contributed by atoms with Crippen LogP contribution in [-0.4, -0.2) is 31.7 Å². The average Bonchev–Trinajstić information content (AvgIpc) is 2.84. The molecule has 1 aromatic heterocycles. The van der Waals surface area contributed by atoms with Gasteiger partial charge >= 0.3 is 0 Å². The van der Waals surface area contributed by atoms with E-state index in [0.717, 1.165) is 19.3 Å². The van der Waals surface area contributed by atoms with Crippen LogP contribution in [0, 0.1) is 11.8 Å². The molecule has 5 nitrogen and oxygen atoms in total. The largest absolute Gasteiger partial charge is 0.396 e. The Bertz CT molecular complexity index is 518. The standard InChI is InChI=1S/C12H17ClN2O3S/c13-12-5-4-11(7-14-12)19(17,18)15-6-9-2-1-3-10(9)8-16/h4-5,7,9-10,15-16H,1-3,6,8H2. The van der Waals surface area contributed by atoms with Crippen LogP contribution in [0.4, 0.5) is 0 Å². The molecule has 1 aliphatic rings. The Kier molecular flexibility index (Phi) is 4.78. The second-order valence-corrected chi connectivity index (χ2v) is 6.96. The number of hydrogen-bond donors (Lipinski definition) is 2. The number of halogens is 1. The number of aliphatic hydroxyl groups excluding tert-OH is 1. The molecule has 2 N–H and O–H groups in total. The Morgan fingerprint density at radius 1 is 1.37 bits per heavy atom. The van der Waals surface area contributed by atoms with Crippen LogP contribution in [-0.2, 0) is 10.0 Å². The van der Waals surface area contributed by atoms with Crippen molar-refractivity contribution in [3.05, 3.63) is 23.5 Å². The van der Waals surface area contributed by atoms with Gasteiger partial charge < -0.3 is 5.11 Å². The summed E-state index contributed by atoms with van der Waals surface area (Å²) in [6.07, 6.45) is 4.20. The van der Waals surface area contributed by atoms with Crippen LogP contribution >= 0.6 is 11.6 Å². The van der Waals surface area contributed by atoms with E-state index in [0.29, 0.717) is 6.54 Å². The summed E-state index contributed by atoms with van der Waals surface area (Å²) >= 11 is 5.63. The highest BCUT2D eigenvalue weighted by Gasteiger charge is 2.28. The van der Waals surface area contributed by atoms with E-state index in [4.69, 9.17) is 11.6 Å². The Morgan fingerprint density at radius 3 is 2.74 bits per heavy atom. The van der Waals surface area contributed by atoms with Crippen LogP contribution in [0.2, 0.25) is 5.15 Å². The Morgan fingerprint density at radius 2 is 2.11 bits per heavy atom. The Hall–Kier alpha value is -0.690. The summed E-state index contributed by atoms with van der Waals surface area (Å²) in [5.41, 5.74) is 0. The van der Waals surface area contributed by atoms with Gasteiger partial charge in [-0.05, 0) is 36.8 Å². The highest BCUT2D eigenvalue weighted by molar-refractivity contribution is 7.89. The minimum absolute atomic E-state index is 0.107. The predicted molar refractivity (Wildman–Crippen MR) is 72.4 cm³/mol. The van der Waals surface area contributed by atoms with E-state index in [-0.39, 0.29) is 28.5 Å². The molecule has 1 aliphatic carbocycles. The molecule has 2 atom stereocenters. The summed E-state index contributed by atoms with van der Waals surface area (Å²) in [6.45, 7) is 0.477.